The van der Waals surface area contributed by atoms with Crippen molar-refractivity contribution in [3.63, 3.8) is 0 Å². The second kappa shape index (κ2) is 6.37. The molecular formula is C18H28N2O. The fraction of sp³-hybridized carbons (Fsp3) is 0.667. The predicted octanol–water partition coefficient (Wildman–Crippen LogP) is 3.27. The van der Waals surface area contributed by atoms with E-state index in [0.29, 0.717) is 18.1 Å². The van der Waals surface area contributed by atoms with E-state index in [0.717, 1.165) is 12.3 Å². The van der Waals surface area contributed by atoms with E-state index in [4.69, 9.17) is 10.5 Å². The van der Waals surface area contributed by atoms with Crippen LogP contribution in [-0.4, -0.2) is 30.6 Å². The highest BCUT2D eigenvalue weighted by molar-refractivity contribution is 5.41. The van der Waals surface area contributed by atoms with Gasteiger partial charge in [-0.2, -0.15) is 0 Å². The van der Waals surface area contributed by atoms with E-state index in [1.165, 1.54) is 49.7 Å². The maximum atomic E-state index is 6.07. The number of nitrogens with two attached hydrogens (primary N) is 1. The van der Waals surface area contributed by atoms with Crippen LogP contribution in [0.2, 0.25) is 0 Å². The molecule has 1 aromatic carbocycles. The molecule has 3 nitrogen and oxygen atoms in total. The Morgan fingerprint density at radius 1 is 1.19 bits per heavy atom. The predicted molar refractivity (Wildman–Crippen MR) is 86.7 cm³/mol. The van der Waals surface area contributed by atoms with Gasteiger partial charge in [0.15, 0.2) is 0 Å². The summed E-state index contributed by atoms with van der Waals surface area (Å²) in [4.78, 5) is 2.72. The van der Waals surface area contributed by atoms with Crippen LogP contribution in [0.5, 0.6) is 5.75 Å². The summed E-state index contributed by atoms with van der Waals surface area (Å²) in [6, 6.07) is 8.30. The molecular weight excluding hydrogens is 260 g/mol. The van der Waals surface area contributed by atoms with Gasteiger partial charge < -0.3 is 10.5 Å². The van der Waals surface area contributed by atoms with Crippen molar-refractivity contribution in [2.45, 2.75) is 63.6 Å². The van der Waals surface area contributed by atoms with Crippen LogP contribution in [0.15, 0.2) is 18.2 Å². The smallest absolute Gasteiger partial charge is 0.119 e. The lowest BCUT2D eigenvalue weighted by Crippen LogP contribution is -2.42. The number of methoxy groups -OCH3 is 1. The third-order valence-electron chi connectivity index (χ3n) is 5.38. The van der Waals surface area contributed by atoms with Crippen LogP contribution < -0.4 is 10.5 Å². The summed E-state index contributed by atoms with van der Waals surface area (Å²) in [5.41, 5.74) is 9.07. The van der Waals surface area contributed by atoms with Gasteiger partial charge in [0.25, 0.3) is 0 Å². The highest BCUT2D eigenvalue weighted by atomic mass is 16.5. The zero-order chi connectivity index (χ0) is 14.8. The highest BCUT2D eigenvalue weighted by Gasteiger charge is 2.33. The number of benzene rings is 1. The lowest BCUT2D eigenvalue weighted by Gasteiger charge is -2.39. The molecule has 1 aromatic rings. The van der Waals surface area contributed by atoms with Gasteiger partial charge in [-0.1, -0.05) is 13.0 Å². The summed E-state index contributed by atoms with van der Waals surface area (Å²) < 4.78 is 5.43. The number of fused-ring (bicyclic) bond motifs is 1. The molecule has 0 radical (unpaired) electrons. The number of nitrogens with zero attached hydrogens (tertiary/aromatic N) is 1. The fourth-order valence-corrected chi connectivity index (χ4v) is 4.20. The number of hydrogen-bond acceptors (Lipinski definition) is 3. The molecule has 2 aliphatic carbocycles. The minimum Gasteiger partial charge on any atom is -0.497 e. The second-order valence-electron chi connectivity index (χ2n) is 6.52. The van der Waals surface area contributed by atoms with Gasteiger partial charge >= 0.3 is 0 Å². The van der Waals surface area contributed by atoms with Gasteiger partial charge in [-0.25, -0.2) is 0 Å². The minimum absolute atomic E-state index is 0.427. The number of ether oxygens (including phenoxy) is 1. The van der Waals surface area contributed by atoms with Crippen LogP contribution in [0, 0.1) is 0 Å². The van der Waals surface area contributed by atoms with Gasteiger partial charge in [-0.3, -0.25) is 4.90 Å². The Morgan fingerprint density at radius 3 is 2.62 bits per heavy atom. The molecule has 116 valence electrons. The number of hydrogen-bond donors (Lipinski definition) is 1. The van der Waals surface area contributed by atoms with Crippen LogP contribution in [0.4, 0.5) is 0 Å². The van der Waals surface area contributed by atoms with Crippen LogP contribution in [-0.2, 0) is 6.42 Å². The molecule has 0 saturated heterocycles. The first-order valence-corrected chi connectivity index (χ1v) is 8.41. The molecule has 0 aliphatic heterocycles. The molecule has 0 aromatic heterocycles. The van der Waals surface area contributed by atoms with Gasteiger partial charge in [0, 0.05) is 18.1 Å². The molecule has 1 saturated carbocycles. The third-order valence-corrected chi connectivity index (χ3v) is 5.38. The van der Waals surface area contributed by atoms with Crippen molar-refractivity contribution in [3.05, 3.63) is 29.3 Å². The maximum Gasteiger partial charge on any atom is 0.119 e. The number of rotatable bonds is 4. The Balaban J connectivity index is 1.80. The normalized spacial score (nSPS) is 28.7. The monoisotopic (exact) mass is 288 g/mol. The highest BCUT2D eigenvalue weighted by Crippen LogP contribution is 2.40. The Bertz CT molecular complexity index is 480. The summed E-state index contributed by atoms with van der Waals surface area (Å²) in [5.74, 6) is 0.988. The Labute approximate surface area is 128 Å². The Kier molecular flexibility index (Phi) is 4.51. The van der Waals surface area contributed by atoms with Crippen molar-refractivity contribution >= 4 is 0 Å². The zero-order valence-corrected chi connectivity index (χ0v) is 13.3. The van der Waals surface area contributed by atoms with Crippen LogP contribution in [0.25, 0.3) is 0 Å². The molecule has 1 fully saturated rings. The van der Waals surface area contributed by atoms with E-state index in [-0.39, 0.29) is 0 Å². The molecule has 1 atom stereocenters. The SMILES string of the molecule is CCN(C1CCC(N)CC1)C1CCc2ccc(OC)cc21. The second-order valence-corrected chi connectivity index (χ2v) is 6.52. The van der Waals surface area contributed by atoms with Crippen LogP contribution in [0.3, 0.4) is 0 Å². The molecule has 1 unspecified atom stereocenters. The topological polar surface area (TPSA) is 38.5 Å². The summed E-state index contributed by atoms with van der Waals surface area (Å²) in [6.07, 6.45) is 7.32. The standard InChI is InChI=1S/C18H28N2O/c1-3-20(15-8-6-14(19)7-9-15)18-11-5-13-4-10-16(21-2)12-17(13)18/h4,10,12,14-15,18H,3,5-9,11,19H2,1-2H3. The van der Waals surface area contributed by atoms with Crippen molar-refractivity contribution in [3.8, 4) is 5.75 Å². The number of aryl methyl sites for hydroxylation is 1. The average molecular weight is 288 g/mol. The molecule has 0 spiro atoms. The van der Waals surface area contributed by atoms with Gasteiger partial charge in [-0.05, 0) is 68.3 Å². The molecule has 2 aliphatic rings. The van der Waals surface area contributed by atoms with Gasteiger partial charge in [0.05, 0.1) is 7.11 Å². The summed E-state index contributed by atoms with van der Waals surface area (Å²) in [7, 11) is 1.76. The molecule has 3 heteroatoms. The lowest BCUT2D eigenvalue weighted by molar-refractivity contribution is 0.106. The molecule has 0 amide bonds. The summed E-state index contributed by atoms with van der Waals surface area (Å²) in [6.45, 7) is 3.42. The average Bonchev–Trinajstić information content (AvgIpc) is 2.93. The van der Waals surface area contributed by atoms with Crippen molar-refractivity contribution in [1.29, 1.82) is 0 Å². The molecule has 0 bridgehead atoms. The van der Waals surface area contributed by atoms with E-state index < -0.39 is 0 Å². The fourth-order valence-electron chi connectivity index (χ4n) is 4.20. The molecule has 0 heterocycles. The summed E-state index contributed by atoms with van der Waals surface area (Å²) >= 11 is 0. The van der Waals surface area contributed by atoms with Gasteiger partial charge in [0.1, 0.15) is 5.75 Å². The zero-order valence-electron chi connectivity index (χ0n) is 13.3. The lowest BCUT2D eigenvalue weighted by atomic mass is 9.89. The third kappa shape index (κ3) is 2.95. The molecule has 21 heavy (non-hydrogen) atoms. The van der Waals surface area contributed by atoms with E-state index in [2.05, 4.69) is 30.0 Å². The summed E-state index contributed by atoms with van der Waals surface area (Å²) in [5, 5.41) is 0. The van der Waals surface area contributed by atoms with Crippen molar-refractivity contribution in [2.75, 3.05) is 13.7 Å². The minimum atomic E-state index is 0.427. The van der Waals surface area contributed by atoms with Crippen LogP contribution >= 0.6 is 0 Å². The van der Waals surface area contributed by atoms with Gasteiger partial charge in [-0.15, -0.1) is 0 Å². The largest absolute Gasteiger partial charge is 0.497 e. The van der Waals surface area contributed by atoms with E-state index >= 15 is 0 Å². The maximum absolute atomic E-state index is 6.07. The molecule has 2 N–H and O–H groups in total. The van der Waals surface area contributed by atoms with Crippen LogP contribution in [0.1, 0.15) is 56.2 Å². The van der Waals surface area contributed by atoms with E-state index in [1.54, 1.807) is 7.11 Å². The van der Waals surface area contributed by atoms with Crippen molar-refractivity contribution in [1.82, 2.24) is 4.90 Å². The first kappa shape index (κ1) is 14.9. The van der Waals surface area contributed by atoms with E-state index in [9.17, 15) is 0 Å². The first-order valence-electron chi connectivity index (χ1n) is 8.41. The Morgan fingerprint density at radius 2 is 1.95 bits per heavy atom. The Hall–Kier alpha value is -1.06. The quantitative estimate of drug-likeness (QED) is 0.924. The van der Waals surface area contributed by atoms with Crippen molar-refractivity contribution < 1.29 is 4.74 Å². The van der Waals surface area contributed by atoms with Crippen molar-refractivity contribution in [2.24, 2.45) is 5.73 Å². The first-order chi connectivity index (χ1) is 10.2. The molecule has 3 rings (SSSR count). The van der Waals surface area contributed by atoms with Gasteiger partial charge in [0.2, 0.25) is 0 Å². The van der Waals surface area contributed by atoms with E-state index in [1.807, 2.05) is 0 Å².